The molecule has 0 bridgehead atoms. The lowest BCUT2D eigenvalue weighted by atomic mass is 10.1. The van der Waals surface area contributed by atoms with Gasteiger partial charge in [0, 0.05) is 15.6 Å². The standard InChI is InChI=1S/C16H15BrO3/c1-11(18)12-6-7-16(19-2)13(8-12)10-20-15-5-3-4-14(17)9-15/h3-9H,10H2,1-2H3. The molecule has 104 valence electrons. The smallest absolute Gasteiger partial charge is 0.159 e. The lowest BCUT2D eigenvalue weighted by Crippen LogP contribution is -2.01. The van der Waals surface area contributed by atoms with E-state index in [0.29, 0.717) is 17.9 Å². The molecule has 0 amide bonds. The van der Waals surface area contributed by atoms with E-state index in [1.54, 1.807) is 32.2 Å². The first-order valence-electron chi connectivity index (χ1n) is 6.16. The highest BCUT2D eigenvalue weighted by Crippen LogP contribution is 2.24. The van der Waals surface area contributed by atoms with E-state index in [9.17, 15) is 4.79 Å². The molecule has 0 aliphatic heterocycles. The number of halogens is 1. The van der Waals surface area contributed by atoms with E-state index < -0.39 is 0 Å². The van der Waals surface area contributed by atoms with Gasteiger partial charge in [-0.15, -0.1) is 0 Å². The lowest BCUT2D eigenvalue weighted by molar-refractivity contribution is 0.101. The van der Waals surface area contributed by atoms with Crippen LogP contribution in [0.1, 0.15) is 22.8 Å². The quantitative estimate of drug-likeness (QED) is 0.767. The van der Waals surface area contributed by atoms with Crippen LogP contribution in [0, 0.1) is 0 Å². The van der Waals surface area contributed by atoms with Crippen molar-refractivity contribution in [2.24, 2.45) is 0 Å². The second-order valence-corrected chi connectivity index (χ2v) is 5.24. The van der Waals surface area contributed by atoms with Gasteiger partial charge in [0.1, 0.15) is 18.1 Å². The first-order valence-corrected chi connectivity index (χ1v) is 6.95. The number of carbonyl (C=O) groups excluding carboxylic acids is 1. The van der Waals surface area contributed by atoms with Crippen LogP contribution in [0.2, 0.25) is 0 Å². The predicted octanol–water partition coefficient (Wildman–Crippen LogP) is 4.24. The van der Waals surface area contributed by atoms with Crippen molar-refractivity contribution in [2.75, 3.05) is 7.11 Å². The van der Waals surface area contributed by atoms with Crippen LogP contribution in [0.5, 0.6) is 11.5 Å². The fourth-order valence-electron chi connectivity index (χ4n) is 1.83. The molecule has 0 saturated carbocycles. The SMILES string of the molecule is COc1ccc(C(C)=O)cc1COc1cccc(Br)c1. The van der Waals surface area contributed by atoms with Crippen LogP contribution in [-0.2, 0) is 6.61 Å². The summed E-state index contributed by atoms with van der Waals surface area (Å²) in [5, 5.41) is 0. The molecule has 2 aromatic rings. The summed E-state index contributed by atoms with van der Waals surface area (Å²) in [6, 6.07) is 13.0. The number of methoxy groups -OCH3 is 1. The average molecular weight is 335 g/mol. The molecular weight excluding hydrogens is 320 g/mol. The second kappa shape index (κ2) is 6.57. The van der Waals surface area contributed by atoms with Crippen LogP contribution in [0.4, 0.5) is 0 Å². The monoisotopic (exact) mass is 334 g/mol. The second-order valence-electron chi connectivity index (χ2n) is 4.33. The Kier molecular flexibility index (Phi) is 4.79. The summed E-state index contributed by atoms with van der Waals surface area (Å²) in [6.07, 6.45) is 0. The molecule has 0 aliphatic carbocycles. The van der Waals surface area contributed by atoms with E-state index in [4.69, 9.17) is 9.47 Å². The van der Waals surface area contributed by atoms with Gasteiger partial charge in [-0.1, -0.05) is 22.0 Å². The van der Waals surface area contributed by atoms with Gasteiger partial charge < -0.3 is 9.47 Å². The van der Waals surface area contributed by atoms with Gasteiger partial charge in [0.25, 0.3) is 0 Å². The van der Waals surface area contributed by atoms with Crippen molar-refractivity contribution in [3.8, 4) is 11.5 Å². The minimum atomic E-state index is 0.0244. The highest BCUT2D eigenvalue weighted by molar-refractivity contribution is 9.10. The number of carbonyl (C=O) groups is 1. The molecule has 2 rings (SSSR count). The minimum absolute atomic E-state index is 0.0244. The van der Waals surface area contributed by atoms with Gasteiger partial charge in [-0.25, -0.2) is 0 Å². The fraction of sp³-hybridized carbons (Fsp3) is 0.188. The molecule has 0 aliphatic rings. The van der Waals surface area contributed by atoms with Gasteiger partial charge in [-0.2, -0.15) is 0 Å². The van der Waals surface area contributed by atoms with Crippen LogP contribution in [0.25, 0.3) is 0 Å². The molecule has 0 heterocycles. The zero-order valence-electron chi connectivity index (χ0n) is 11.4. The van der Waals surface area contributed by atoms with E-state index in [2.05, 4.69) is 15.9 Å². The number of benzene rings is 2. The predicted molar refractivity (Wildman–Crippen MR) is 81.5 cm³/mol. The van der Waals surface area contributed by atoms with Crippen molar-refractivity contribution < 1.29 is 14.3 Å². The maximum absolute atomic E-state index is 11.4. The summed E-state index contributed by atoms with van der Waals surface area (Å²) in [7, 11) is 1.60. The van der Waals surface area contributed by atoms with Crippen LogP contribution >= 0.6 is 15.9 Å². The Balaban J connectivity index is 2.19. The molecule has 0 radical (unpaired) electrons. The van der Waals surface area contributed by atoms with E-state index in [0.717, 1.165) is 15.8 Å². The number of hydrogen-bond donors (Lipinski definition) is 0. The van der Waals surface area contributed by atoms with Gasteiger partial charge >= 0.3 is 0 Å². The number of rotatable bonds is 5. The Hall–Kier alpha value is -1.81. The van der Waals surface area contributed by atoms with Gasteiger partial charge in [0.05, 0.1) is 7.11 Å². The van der Waals surface area contributed by atoms with Crippen LogP contribution in [0.3, 0.4) is 0 Å². The van der Waals surface area contributed by atoms with Crippen molar-refractivity contribution in [1.82, 2.24) is 0 Å². The van der Waals surface area contributed by atoms with Crippen LogP contribution in [0.15, 0.2) is 46.9 Å². The Labute approximate surface area is 126 Å². The lowest BCUT2D eigenvalue weighted by Gasteiger charge is -2.11. The van der Waals surface area contributed by atoms with Crippen molar-refractivity contribution >= 4 is 21.7 Å². The van der Waals surface area contributed by atoms with E-state index in [1.807, 2.05) is 24.3 Å². The third-order valence-electron chi connectivity index (χ3n) is 2.88. The molecule has 0 fully saturated rings. The maximum atomic E-state index is 11.4. The number of Topliss-reactive ketones (excluding diaryl/α,β-unsaturated/α-hetero) is 1. The van der Waals surface area contributed by atoms with E-state index in [1.165, 1.54) is 0 Å². The number of ether oxygens (including phenoxy) is 2. The van der Waals surface area contributed by atoms with E-state index in [-0.39, 0.29) is 5.78 Å². The van der Waals surface area contributed by atoms with Crippen molar-refractivity contribution in [1.29, 1.82) is 0 Å². The first kappa shape index (κ1) is 14.6. The van der Waals surface area contributed by atoms with Gasteiger partial charge in [0.15, 0.2) is 5.78 Å². The van der Waals surface area contributed by atoms with Gasteiger partial charge in [-0.05, 0) is 43.3 Å². The minimum Gasteiger partial charge on any atom is -0.496 e. The zero-order valence-corrected chi connectivity index (χ0v) is 12.9. The third kappa shape index (κ3) is 3.61. The summed E-state index contributed by atoms with van der Waals surface area (Å²) >= 11 is 3.40. The highest BCUT2D eigenvalue weighted by Gasteiger charge is 2.08. The normalized spacial score (nSPS) is 10.2. The van der Waals surface area contributed by atoms with Gasteiger partial charge in [-0.3, -0.25) is 4.79 Å². The fourth-order valence-corrected chi connectivity index (χ4v) is 2.21. The van der Waals surface area contributed by atoms with Crippen molar-refractivity contribution in [2.45, 2.75) is 13.5 Å². The largest absolute Gasteiger partial charge is 0.496 e. The molecule has 0 saturated heterocycles. The highest BCUT2D eigenvalue weighted by atomic mass is 79.9. The molecule has 0 atom stereocenters. The van der Waals surface area contributed by atoms with Crippen LogP contribution < -0.4 is 9.47 Å². The Morgan fingerprint density at radius 1 is 1.20 bits per heavy atom. The Morgan fingerprint density at radius 3 is 2.65 bits per heavy atom. The Bertz CT molecular complexity index is 623. The third-order valence-corrected chi connectivity index (χ3v) is 3.37. The Morgan fingerprint density at radius 2 is 2.00 bits per heavy atom. The molecule has 0 unspecified atom stereocenters. The molecule has 20 heavy (non-hydrogen) atoms. The summed E-state index contributed by atoms with van der Waals surface area (Å²) < 4.78 is 12.0. The van der Waals surface area contributed by atoms with Crippen LogP contribution in [-0.4, -0.2) is 12.9 Å². The maximum Gasteiger partial charge on any atom is 0.159 e. The zero-order chi connectivity index (χ0) is 14.5. The van der Waals surface area contributed by atoms with Crippen molar-refractivity contribution in [3.63, 3.8) is 0 Å². The molecule has 4 heteroatoms. The van der Waals surface area contributed by atoms with Gasteiger partial charge in [0.2, 0.25) is 0 Å². The van der Waals surface area contributed by atoms with E-state index >= 15 is 0 Å². The molecular formula is C16H15BrO3. The average Bonchev–Trinajstić information content (AvgIpc) is 2.44. The first-order chi connectivity index (χ1) is 9.60. The molecule has 3 nitrogen and oxygen atoms in total. The molecule has 0 aromatic heterocycles. The summed E-state index contributed by atoms with van der Waals surface area (Å²) in [6.45, 7) is 1.89. The summed E-state index contributed by atoms with van der Waals surface area (Å²) in [5.74, 6) is 1.50. The number of hydrogen-bond acceptors (Lipinski definition) is 3. The molecule has 0 N–H and O–H groups in total. The molecule has 0 spiro atoms. The van der Waals surface area contributed by atoms with Crippen molar-refractivity contribution in [3.05, 3.63) is 58.1 Å². The summed E-state index contributed by atoms with van der Waals surface area (Å²) in [4.78, 5) is 11.4. The topological polar surface area (TPSA) is 35.5 Å². The molecule has 2 aromatic carbocycles. The summed E-state index contributed by atoms with van der Waals surface area (Å²) in [5.41, 5.74) is 1.50. The number of ketones is 1.